The highest BCUT2D eigenvalue weighted by molar-refractivity contribution is 7.09. The number of thiazole rings is 1. The van der Waals surface area contributed by atoms with Gasteiger partial charge in [-0.15, -0.1) is 11.3 Å². The van der Waals surface area contributed by atoms with Crippen LogP contribution in [0, 0.1) is 6.92 Å². The first-order valence-corrected chi connectivity index (χ1v) is 7.50. The predicted octanol–water partition coefficient (Wildman–Crippen LogP) is 2.72. The molecular formula is C15H16N4OS. The van der Waals surface area contributed by atoms with E-state index in [4.69, 9.17) is 0 Å². The second-order valence-corrected chi connectivity index (χ2v) is 5.94. The number of nitrogens with zero attached hydrogens (tertiary/aromatic N) is 2. The SMILES string of the molecule is Cc1nc(-c2cc(C(=O)NCc3cc[nH]c3)n(C)c2)cs1. The van der Waals surface area contributed by atoms with Crippen molar-refractivity contribution in [2.75, 3.05) is 0 Å². The van der Waals surface area contributed by atoms with Crippen molar-refractivity contribution < 1.29 is 4.79 Å². The van der Waals surface area contributed by atoms with E-state index in [-0.39, 0.29) is 5.91 Å². The molecule has 21 heavy (non-hydrogen) atoms. The summed E-state index contributed by atoms with van der Waals surface area (Å²) in [6.45, 7) is 2.49. The minimum atomic E-state index is -0.0862. The molecule has 0 aromatic carbocycles. The summed E-state index contributed by atoms with van der Waals surface area (Å²) in [4.78, 5) is 19.7. The quantitative estimate of drug-likeness (QED) is 0.778. The summed E-state index contributed by atoms with van der Waals surface area (Å²) < 4.78 is 1.83. The molecule has 3 aromatic rings. The van der Waals surface area contributed by atoms with E-state index in [1.54, 1.807) is 11.3 Å². The number of aromatic amines is 1. The fraction of sp³-hybridized carbons (Fsp3) is 0.200. The van der Waals surface area contributed by atoms with Gasteiger partial charge in [-0.1, -0.05) is 0 Å². The topological polar surface area (TPSA) is 62.7 Å². The Balaban J connectivity index is 1.76. The van der Waals surface area contributed by atoms with Gasteiger partial charge in [0, 0.05) is 43.1 Å². The van der Waals surface area contributed by atoms with Crippen molar-refractivity contribution >= 4 is 17.2 Å². The van der Waals surface area contributed by atoms with Crippen LogP contribution in [0.25, 0.3) is 11.3 Å². The van der Waals surface area contributed by atoms with Crippen LogP contribution < -0.4 is 5.32 Å². The van der Waals surface area contributed by atoms with Crippen LogP contribution >= 0.6 is 11.3 Å². The van der Waals surface area contributed by atoms with E-state index in [1.807, 2.05) is 54.6 Å². The predicted molar refractivity (Wildman–Crippen MR) is 83.2 cm³/mol. The van der Waals surface area contributed by atoms with Crippen LogP contribution in [-0.4, -0.2) is 20.4 Å². The molecule has 0 unspecified atom stereocenters. The van der Waals surface area contributed by atoms with Gasteiger partial charge < -0.3 is 14.9 Å². The largest absolute Gasteiger partial charge is 0.367 e. The van der Waals surface area contributed by atoms with E-state index in [9.17, 15) is 4.79 Å². The van der Waals surface area contributed by atoms with Crippen LogP contribution in [0.2, 0.25) is 0 Å². The molecule has 3 aromatic heterocycles. The zero-order valence-electron chi connectivity index (χ0n) is 11.9. The lowest BCUT2D eigenvalue weighted by Crippen LogP contribution is -2.24. The molecule has 2 N–H and O–H groups in total. The minimum Gasteiger partial charge on any atom is -0.367 e. The Kier molecular flexibility index (Phi) is 3.62. The Labute approximate surface area is 126 Å². The van der Waals surface area contributed by atoms with Gasteiger partial charge in [0.05, 0.1) is 10.7 Å². The van der Waals surface area contributed by atoms with Crippen LogP contribution in [0.5, 0.6) is 0 Å². The fourth-order valence-corrected chi connectivity index (χ4v) is 2.79. The summed E-state index contributed by atoms with van der Waals surface area (Å²) in [5.74, 6) is -0.0862. The van der Waals surface area contributed by atoms with Crippen LogP contribution in [-0.2, 0) is 13.6 Å². The molecule has 0 saturated carbocycles. The Hall–Kier alpha value is -2.34. The molecule has 0 aliphatic rings. The third kappa shape index (κ3) is 2.90. The summed E-state index contributed by atoms with van der Waals surface area (Å²) in [6.07, 6.45) is 5.64. The average molecular weight is 300 g/mol. The molecule has 3 heterocycles. The second-order valence-electron chi connectivity index (χ2n) is 4.88. The number of hydrogen-bond acceptors (Lipinski definition) is 3. The zero-order valence-corrected chi connectivity index (χ0v) is 12.7. The number of hydrogen-bond donors (Lipinski definition) is 2. The Morgan fingerprint density at radius 2 is 2.38 bits per heavy atom. The van der Waals surface area contributed by atoms with Crippen LogP contribution in [0.1, 0.15) is 21.1 Å². The molecule has 6 heteroatoms. The maximum absolute atomic E-state index is 12.3. The van der Waals surface area contributed by atoms with Gasteiger partial charge in [0.25, 0.3) is 5.91 Å². The summed E-state index contributed by atoms with van der Waals surface area (Å²) in [5, 5.41) is 5.94. The first-order valence-electron chi connectivity index (χ1n) is 6.62. The van der Waals surface area contributed by atoms with Gasteiger partial charge in [-0.3, -0.25) is 4.79 Å². The van der Waals surface area contributed by atoms with Gasteiger partial charge >= 0.3 is 0 Å². The number of rotatable bonds is 4. The molecule has 0 spiro atoms. The van der Waals surface area contributed by atoms with Gasteiger partial charge in [-0.25, -0.2) is 4.98 Å². The summed E-state index contributed by atoms with van der Waals surface area (Å²) in [5.41, 5.74) is 3.56. The highest BCUT2D eigenvalue weighted by atomic mass is 32.1. The van der Waals surface area contributed by atoms with Crippen molar-refractivity contribution in [2.45, 2.75) is 13.5 Å². The summed E-state index contributed by atoms with van der Waals surface area (Å²) in [6, 6.07) is 3.82. The van der Waals surface area contributed by atoms with Crippen molar-refractivity contribution in [3.8, 4) is 11.3 Å². The molecule has 3 rings (SSSR count). The molecule has 0 radical (unpaired) electrons. The van der Waals surface area contributed by atoms with Crippen molar-refractivity contribution in [3.63, 3.8) is 0 Å². The van der Waals surface area contributed by atoms with Gasteiger partial charge in [0.1, 0.15) is 5.69 Å². The normalized spacial score (nSPS) is 10.8. The van der Waals surface area contributed by atoms with E-state index >= 15 is 0 Å². The first kappa shape index (κ1) is 13.6. The molecule has 0 aliphatic carbocycles. The second kappa shape index (κ2) is 5.57. The number of aryl methyl sites for hydroxylation is 2. The maximum Gasteiger partial charge on any atom is 0.268 e. The van der Waals surface area contributed by atoms with Crippen LogP contribution in [0.15, 0.2) is 36.1 Å². The molecule has 0 fully saturated rings. The zero-order chi connectivity index (χ0) is 14.8. The van der Waals surface area contributed by atoms with Crippen molar-refractivity contribution in [3.05, 3.63) is 52.4 Å². The number of carbonyl (C=O) groups is 1. The third-order valence-corrected chi connectivity index (χ3v) is 4.04. The lowest BCUT2D eigenvalue weighted by Gasteiger charge is -2.04. The molecule has 0 bridgehead atoms. The van der Waals surface area contributed by atoms with Crippen LogP contribution in [0.3, 0.4) is 0 Å². The molecule has 108 valence electrons. The lowest BCUT2D eigenvalue weighted by atomic mass is 10.2. The van der Waals surface area contributed by atoms with Gasteiger partial charge in [-0.05, 0) is 24.6 Å². The maximum atomic E-state index is 12.3. The minimum absolute atomic E-state index is 0.0862. The highest BCUT2D eigenvalue weighted by Gasteiger charge is 2.13. The smallest absolute Gasteiger partial charge is 0.268 e. The van der Waals surface area contributed by atoms with E-state index in [0.717, 1.165) is 21.8 Å². The molecule has 1 amide bonds. The van der Waals surface area contributed by atoms with Gasteiger partial charge in [0.2, 0.25) is 0 Å². The molecule has 0 saturated heterocycles. The van der Waals surface area contributed by atoms with E-state index in [0.29, 0.717) is 12.2 Å². The average Bonchev–Trinajstić information content (AvgIpc) is 3.16. The lowest BCUT2D eigenvalue weighted by molar-refractivity contribution is 0.0943. The summed E-state index contributed by atoms with van der Waals surface area (Å²) >= 11 is 1.61. The summed E-state index contributed by atoms with van der Waals surface area (Å²) in [7, 11) is 1.87. The highest BCUT2D eigenvalue weighted by Crippen LogP contribution is 2.23. The Morgan fingerprint density at radius 3 is 3.05 bits per heavy atom. The van der Waals surface area contributed by atoms with Crippen molar-refractivity contribution in [1.29, 1.82) is 0 Å². The van der Waals surface area contributed by atoms with E-state index in [2.05, 4.69) is 15.3 Å². The molecule has 0 atom stereocenters. The Bertz CT molecular complexity index is 755. The van der Waals surface area contributed by atoms with Gasteiger partial charge in [0.15, 0.2) is 0 Å². The van der Waals surface area contributed by atoms with Crippen LogP contribution in [0.4, 0.5) is 0 Å². The number of amides is 1. The number of aromatic nitrogens is 3. The third-order valence-electron chi connectivity index (χ3n) is 3.27. The van der Waals surface area contributed by atoms with Crippen molar-refractivity contribution in [2.24, 2.45) is 7.05 Å². The molecule has 5 nitrogen and oxygen atoms in total. The van der Waals surface area contributed by atoms with Crippen molar-refractivity contribution in [1.82, 2.24) is 19.9 Å². The molecule has 0 aliphatic heterocycles. The Morgan fingerprint density at radius 1 is 1.52 bits per heavy atom. The standard InChI is InChI=1S/C15H16N4OS/c1-10-18-13(9-21-10)12-5-14(19(2)8-12)15(20)17-7-11-3-4-16-6-11/h3-6,8-9,16H,7H2,1-2H3,(H,17,20). The number of H-pyrrole nitrogens is 1. The van der Waals surface area contributed by atoms with Gasteiger partial charge in [-0.2, -0.15) is 0 Å². The fourth-order valence-electron chi connectivity index (χ4n) is 2.17. The first-order chi connectivity index (χ1) is 10.1. The number of nitrogens with one attached hydrogen (secondary N) is 2. The van der Waals surface area contributed by atoms with E-state index < -0.39 is 0 Å². The molecular weight excluding hydrogens is 284 g/mol. The van der Waals surface area contributed by atoms with E-state index in [1.165, 1.54) is 0 Å². The monoisotopic (exact) mass is 300 g/mol. The number of carbonyl (C=O) groups excluding carboxylic acids is 1.